The molecule has 0 saturated heterocycles. The van der Waals surface area contributed by atoms with Crippen molar-refractivity contribution in [3.05, 3.63) is 17.0 Å². The van der Waals surface area contributed by atoms with Crippen LogP contribution in [0.3, 0.4) is 0 Å². The number of carboxylic acid groups (broad SMARTS) is 1. The molecule has 1 heterocycles. The van der Waals surface area contributed by atoms with Crippen molar-refractivity contribution < 1.29 is 19.4 Å². The number of nitrogens with zero attached hydrogens (tertiary/aromatic N) is 1. The average Bonchev–Trinajstić information content (AvgIpc) is 2.47. The monoisotopic (exact) mass is 198 g/mol. The highest BCUT2D eigenvalue weighted by atomic mass is 16.5. The van der Waals surface area contributed by atoms with Crippen molar-refractivity contribution in [2.24, 2.45) is 0 Å². The van der Waals surface area contributed by atoms with Gasteiger partial charge in [-0.1, -0.05) is 0 Å². The Hall–Kier alpha value is -1.85. The van der Waals surface area contributed by atoms with E-state index in [1.165, 1.54) is 0 Å². The minimum Gasteiger partial charge on any atom is -0.476 e. The van der Waals surface area contributed by atoms with E-state index in [0.717, 1.165) is 0 Å². The molecule has 0 fully saturated rings. The highest BCUT2D eigenvalue weighted by Crippen LogP contribution is 2.11. The summed E-state index contributed by atoms with van der Waals surface area (Å²) < 4.78 is 4.70. The van der Waals surface area contributed by atoms with E-state index in [1.807, 2.05) is 0 Å². The number of nitrogens with one attached hydrogen (secondary N) is 1. The number of aryl methyl sites for hydroxylation is 1. The van der Waals surface area contributed by atoms with Crippen LogP contribution in [0.15, 0.2) is 0 Å². The summed E-state index contributed by atoms with van der Waals surface area (Å²) in [6.45, 7) is 3.40. The van der Waals surface area contributed by atoms with Crippen molar-refractivity contribution in [3.63, 3.8) is 0 Å². The van der Waals surface area contributed by atoms with Crippen LogP contribution in [-0.2, 0) is 4.74 Å². The first-order valence-corrected chi connectivity index (χ1v) is 4.03. The lowest BCUT2D eigenvalue weighted by Gasteiger charge is -2.00. The topological polar surface area (TPSA) is 92.3 Å². The van der Waals surface area contributed by atoms with Crippen molar-refractivity contribution in [1.29, 1.82) is 0 Å². The SMILES string of the molecule is CCOC(=O)c1c(C(=O)O)n[nH]c1C. The van der Waals surface area contributed by atoms with Gasteiger partial charge >= 0.3 is 11.9 Å². The predicted octanol–water partition coefficient (Wildman–Crippen LogP) is 0.593. The van der Waals surface area contributed by atoms with Gasteiger partial charge in [0, 0.05) is 5.69 Å². The maximum atomic E-state index is 11.3. The number of aromatic amines is 1. The zero-order chi connectivity index (χ0) is 10.7. The van der Waals surface area contributed by atoms with Gasteiger partial charge in [-0.25, -0.2) is 9.59 Å². The molecule has 0 amide bonds. The molecular formula is C8H10N2O4. The zero-order valence-electron chi connectivity index (χ0n) is 7.83. The molecule has 0 atom stereocenters. The van der Waals surface area contributed by atoms with Crippen LogP contribution in [0.5, 0.6) is 0 Å². The number of rotatable bonds is 3. The third-order valence-corrected chi connectivity index (χ3v) is 1.63. The van der Waals surface area contributed by atoms with Crippen molar-refractivity contribution in [3.8, 4) is 0 Å². The summed E-state index contributed by atoms with van der Waals surface area (Å²) in [5.41, 5.74) is 0.0705. The lowest BCUT2D eigenvalue weighted by molar-refractivity contribution is 0.0513. The fourth-order valence-corrected chi connectivity index (χ4v) is 1.04. The van der Waals surface area contributed by atoms with Crippen molar-refractivity contribution in [2.75, 3.05) is 6.61 Å². The summed E-state index contributed by atoms with van der Waals surface area (Å²) in [5, 5.41) is 14.6. The van der Waals surface area contributed by atoms with Crippen LogP contribution < -0.4 is 0 Å². The Kier molecular flexibility index (Phi) is 2.85. The maximum Gasteiger partial charge on any atom is 0.357 e. The van der Waals surface area contributed by atoms with Gasteiger partial charge in [0.2, 0.25) is 0 Å². The number of hydrogen-bond donors (Lipinski definition) is 2. The molecule has 6 heteroatoms. The molecule has 0 aliphatic rings. The fourth-order valence-electron chi connectivity index (χ4n) is 1.04. The van der Waals surface area contributed by atoms with Crippen LogP contribution >= 0.6 is 0 Å². The minimum absolute atomic E-state index is 0.0145. The summed E-state index contributed by atoms with van der Waals surface area (Å²) in [7, 11) is 0. The predicted molar refractivity (Wildman–Crippen MR) is 46.2 cm³/mol. The molecule has 6 nitrogen and oxygen atoms in total. The molecule has 76 valence electrons. The van der Waals surface area contributed by atoms with Gasteiger partial charge in [-0.2, -0.15) is 5.10 Å². The molecule has 1 aromatic rings. The molecule has 1 rings (SSSR count). The van der Waals surface area contributed by atoms with Gasteiger partial charge in [0.1, 0.15) is 5.56 Å². The van der Waals surface area contributed by atoms with Crippen molar-refractivity contribution in [2.45, 2.75) is 13.8 Å². The molecule has 0 radical (unpaired) electrons. The van der Waals surface area contributed by atoms with Crippen LogP contribution in [-0.4, -0.2) is 33.8 Å². The molecule has 0 bridgehead atoms. The van der Waals surface area contributed by atoms with Gasteiger partial charge in [0.15, 0.2) is 5.69 Å². The van der Waals surface area contributed by atoms with Crippen LogP contribution in [0.1, 0.15) is 33.5 Å². The molecule has 1 aromatic heterocycles. The third kappa shape index (κ3) is 1.73. The van der Waals surface area contributed by atoms with E-state index >= 15 is 0 Å². The number of carboxylic acids is 1. The summed E-state index contributed by atoms with van der Waals surface area (Å²) in [6, 6.07) is 0. The third-order valence-electron chi connectivity index (χ3n) is 1.63. The molecule has 0 aromatic carbocycles. The summed E-state index contributed by atoms with van der Waals surface area (Å²) in [6.07, 6.45) is 0. The molecule has 0 aliphatic heterocycles. The van der Waals surface area contributed by atoms with E-state index in [2.05, 4.69) is 10.2 Å². The maximum absolute atomic E-state index is 11.3. The first-order valence-electron chi connectivity index (χ1n) is 4.03. The Balaban J connectivity index is 3.11. The van der Waals surface area contributed by atoms with E-state index in [1.54, 1.807) is 13.8 Å². The second-order valence-electron chi connectivity index (χ2n) is 2.60. The van der Waals surface area contributed by atoms with E-state index < -0.39 is 11.9 Å². The van der Waals surface area contributed by atoms with Gasteiger partial charge in [0.05, 0.1) is 6.61 Å². The van der Waals surface area contributed by atoms with E-state index in [9.17, 15) is 9.59 Å². The summed E-state index contributed by atoms with van der Waals surface area (Å²) in [4.78, 5) is 22.0. The Bertz CT molecular complexity index is 369. The first kappa shape index (κ1) is 10.2. The summed E-state index contributed by atoms with van der Waals surface area (Å²) >= 11 is 0. The average molecular weight is 198 g/mol. The highest BCUT2D eigenvalue weighted by molar-refractivity contribution is 6.01. The second kappa shape index (κ2) is 3.91. The fraction of sp³-hybridized carbons (Fsp3) is 0.375. The van der Waals surface area contributed by atoms with Crippen LogP contribution in [0.2, 0.25) is 0 Å². The first-order chi connectivity index (χ1) is 6.57. The molecule has 0 unspecified atom stereocenters. The number of hydrogen-bond acceptors (Lipinski definition) is 4. The number of ether oxygens (including phenoxy) is 1. The molecule has 0 aliphatic carbocycles. The number of aromatic nitrogens is 2. The Morgan fingerprint density at radius 1 is 1.57 bits per heavy atom. The number of aromatic carboxylic acids is 1. The Labute approximate surface area is 79.9 Å². The lowest BCUT2D eigenvalue weighted by atomic mass is 10.2. The Morgan fingerprint density at radius 3 is 2.71 bits per heavy atom. The van der Waals surface area contributed by atoms with Gasteiger partial charge in [0.25, 0.3) is 0 Å². The smallest absolute Gasteiger partial charge is 0.357 e. The number of carbonyl (C=O) groups excluding carboxylic acids is 1. The van der Waals surface area contributed by atoms with E-state index in [4.69, 9.17) is 9.84 Å². The summed E-state index contributed by atoms with van der Waals surface area (Å²) in [5.74, 6) is -1.92. The van der Waals surface area contributed by atoms with Crippen LogP contribution in [0, 0.1) is 6.92 Å². The number of carbonyl (C=O) groups is 2. The van der Waals surface area contributed by atoms with Gasteiger partial charge in [-0.05, 0) is 13.8 Å². The lowest BCUT2D eigenvalue weighted by Crippen LogP contribution is -2.11. The van der Waals surface area contributed by atoms with Gasteiger partial charge in [-0.15, -0.1) is 0 Å². The molecule has 0 spiro atoms. The Morgan fingerprint density at radius 2 is 2.21 bits per heavy atom. The van der Waals surface area contributed by atoms with Gasteiger partial charge in [-0.3, -0.25) is 5.10 Å². The van der Waals surface area contributed by atoms with Crippen molar-refractivity contribution >= 4 is 11.9 Å². The van der Waals surface area contributed by atoms with Crippen molar-refractivity contribution in [1.82, 2.24) is 10.2 Å². The normalized spacial score (nSPS) is 9.86. The molecule has 2 N–H and O–H groups in total. The van der Waals surface area contributed by atoms with E-state index in [-0.39, 0.29) is 17.9 Å². The molecule has 0 saturated carbocycles. The number of esters is 1. The van der Waals surface area contributed by atoms with Crippen LogP contribution in [0.25, 0.3) is 0 Å². The van der Waals surface area contributed by atoms with Crippen LogP contribution in [0.4, 0.5) is 0 Å². The molecule has 14 heavy (non-hydrogen) atoms. The number of H-pyrrole nitrogens is 1. The quantitative estimate of drug-likeness (QED) is 0.693. The second-order valence-corrected chi connectivity index (χ2v) is 2.60. The molecular weight excluding hydrogens is 188 g/mol. The standard InChI is InChI=1S/C8H10N2O4/c1-3-14-8(13)5-4(2)9-10-6(5)7(11)12/h3H2,1-2H3,(H,9,10)(H,11,12). The highest BCUT2D eigenvalue weighted by Gasteiger charge is 2.23. The largest absolute Gasteiger partial charge is 0.476 e. The minimum atomic E-state index is -1.25. The van der Waals surface area contributed by atoms with E-state index in [0.29, 0.717) is 5.69 Å². The zero-order valence-corrected chi connectivity index (χ0v) is 7.83. The van der Waals surface area contributed by atoms with Gasteiger partial charge < -0.3 is 9.84 Å².